The van der Waals surface area contributed by atoms with Crippen LogP contribution in [0.5, 0.6) is 0 Å². The summed E-state index contributed by atoms with van der Waals surface area (Å²) in [6, 6.07) is 9.71. The number of hydrogen-bond acceptors (Lipinski definition) is 6. The van der Waals surface area contributed by atoms with E-state index in [-0.39, 0.29) is 5.69 Å². The van der Waals surface area contributed by atoms with Crippen LogP contribution in [0.15, 0.2) is 48.5 Å². The molecule has 148 valence electrons. The number of nitro groups is 1. The minimum absolute atomic E-state index is 0.315. The molecule has 1 atom stereocenters. The molecule has 0 bridgehead atoms. The lowest BCUT2D eigenvalue weighted by Crippen LogP contribution is -2.28. The third-order valence-corrected chi connectivity index (χ3v) is 3.55. The molecule has 0 spiro atoms. The monoisotopic (exact) mass is 397 g/mol. The van der Waals surface area contributed by atoms with Gasteiger partial charge in [-0.05, 0) is 12.1 Å². The van der Waals surface area contributed by atoms with Gasteiger partial charge in [-0.3, -0.25) is 19.7 Å². The number of esters is 1. The number of halogens is 3. The lowest BCUT2D eigenvalue weighted by Gasteiger charge is -2.15. The van der Waals surface area contributed by atoms with Gasteiger partial charge in [-0.2, -0.15) is 13.2 Å². The minimum atomic E-state index is -4.76. The molecule has 0 aliphatic heterocycles. The Labute approximate surface area is 156 Å². The quantitative estimate of drug-likeness (QED) is 0.421. The van der Waals surface area contributed by atoms with Crippen LogP contribution in [0.1, 0.15) is 17.2 Å². The zero-order chi connectivity index (χ0) is 20.9. The maximum absolute atomic E-state index is 12.7. The van der Waals surface area contributed by atoms with Crippen molar-refractivity contribution in [3.05, 3.63) is 69.8 Å². The van der Waals surface area contributed by atoms with Crippen molar-refractivity contribution >= 4 is 23.3 Å². The average molecular weight is 397 g/mol. The maximum atomic E-state index is 12.7. The molecular weight excluding hydrogens is 383 g/mol. The molecule has 0 aliphatic rings. The fraction of sp³-hybridized carbons (Fsp3) is 0.176. The molecule has 0 saturated carbocycles. The van der Waals surface area contributed by atoms with Gasteiger partial charge < -0.3 is 15.8 Å². The van der Waals surface area contributed by atoms with Crippen LogP contribution in [-0.2, 0) is 20.5 Å². The SMILES string of the molecule is NC(=O)C(OC(=O)CNc1ccc(C(F)(F)F)cc1[N+](=O)[O-])c1ccccc1. The number of carbonyl (C=O) groups excluding carboxylic acids is 2. The molecule has 2 rings (SSSR count). The summed E-state index contributed by atoms with van der Waals surface area (Å²) in [5.41, 5.74) is 3.15. The Morgan fingerprint density at radius 1 is 1.18 bits per heavy atom. The van der Waals surface area contributed by atoms with Gasteiger partial charge in [0.1, 0.15) is 12.2 Å². The highest BCUT2D eigenvalue weighted by molar-refractivity contribution is 5.85. The van der Waals surface area contributed by atoms with E-state index < -0.39 is 46.9 Å². The van der Waals surface area contributed by atoms with Gasteiger partial charge in [-0.15, -0.1) is 0 Å². The van der Waals surface area contributed by atoms with E-state index in [2.05, 4.69) is 5.32 Å². The number of benzene rings is 2. The topological polar surface area (TPSA) is 125 Å². The van der Waals surface area contributed by atoms with Gasteiger partial charge in [0.15, 0.2) is 0 Å². The number of rotatable bonds is 7. The molecule has 0 fully saturated rings. The van der Waals surface area contributed by atoms with Crippen LogP contribution in [0.25, 0.3) is 0 Å². The Bertz CT molecular complexity index is 887. The van der Waals surface area contributed by atoms with Crippen LogP contribution in [0.4, 0.5) is 24.5 Å². The summed E-state index contributed by atoms with van der Waals surface area (Å²) >= 11 is 0. The number of nitrogens with zero attached hydrogens (tertiary/aromatic N) is 1. The van der Waals surface area contributed by atoms with Gasteiger partial charge in [-0.1, -0.05) is 30.3 Å². The Morgan fingerprint density at radius 2 is 1.82 bits per heavy atom. The molecule has 0 saturated heterocycles. The molecule has 11 heteroatoms. The molecule has 2 aromatic carbocycles. The first-order valence-corrected chi connectivity index (χ1v) is 7.73. The van der Waals surface area contributed by atoms with Crippen LogP contribution < -0.4 is 11.1 Å². The number of primary amides is 1. The second-order valence-corrected chi connectivity index (χ2v) is 5.52. The second-order valence-electron chi connectivity index (χ2n) is 5.52. The lowest BCUT2D eigenvalue weighted by atomic mass is 10.1. The van der Waals surface area contributed by atoms with Crippen LogP contribution >= 0.6 is 0 Å². The van der Waals surface area contributed by atoms with Crippen LogP contribution in [0.2, 0.25) is 0 Å². The summed E-state index contributed by atoms with van der Waals surface area (Å²) < 4.78 is 43.1. The first-order valence-electron chi connectivity index (χ1n) is 7.73. The van der Waals surface area contributed by atoms with Crippen molar-refractivity contribution in [1.29, 1.82) is 0 Å². The fourth-order valence-electron chi connectivity index (χ4n) is 2.27. The van der Waals surface area contributed by atoms with E-state index in [0.717, 1.165) is 6.07 Å². The Morgan fingerprint density at radius 3 is 2.36 bits per heavy atom. The van der Waals surface area contributed by atoms with E-state index in [9.17, 15) is 32.9 Å². The lowest BCUT2D eigenvalue weighted by molar-refractivity contribution is -0.384. The van der Waals surface area contributed by atoms with E-state index in [1.165, 1.54) is 12.1 Å². The highest BCUT2D eigenvalue weighted by atomic mass is 19.4. The number of hydrogen-bond donors (Lipinski definition) is 2. The molecule has 3 N–H and O–H groups in total. The summed E-state index contributed by atoms with van der Waals surface area (Å²) in [4.78, 5) is 33.5. The average Bonchev–Trinajstić information content (AvgIpc) is 2.63. The zero-order valence-corrected chi connectivity index (χ0v) is 14.1. The predicted molar refractivity (Wildman–Crippen MR) is 91.1 cm³/mol. The van der Waals surface area contributed by atoms with Crippen LogP contribution in [0.3, 0.4) is 0 Å². The Balaban J connectivity index is 2.11. The van der Waals surface area contributed by atoms with E-state index in [0.29, 0.717) is 17.7 Å². The fourth-order valence-corrected chi connectivity index (χ4v) is 2.27. The first-order chi connectivity index (χ1) is 13.1. The van der Waals surface area contributed by atoms with E-state index in [1.54, 1.807) is 18.2 Å². The number of carbonyl (C=O) groups is 2. The highest BCUT2D eigenvalue weighted by Crippen LogP contribution is 2.34. The van der Waals surface area contributed by atoms with Crippen molar-refractivity contribution in [1.82, 2.24) is 0 Å². The number of ether oxygens (including phenoxy) is 1. The van der Waals surface area contributed by atoms with Crippen molar-refractivity contribution in [2.45, 2.75) is 12.3 Å². The number of amides is 1. The summed E-state index contributed by atoms with van der Waals surface area (Å²) in [5.74, 6) is -1.91. The van der Waals surface area contributed by atoms with Crippen molar-refractivity contribution in [2.75, 3.05) is 11.9 Å². The van der Waals surface area contributed by atoms with Crippen LogP contribution in [0, 0.1) is 10.1 Å². The molecule has 8 nitrogen and oxygen atoms in total. The van der Waals surface area contributed by atoms with Gasteiger partial charge in [0.05, 0.1) is 10.5 Å². The molecule has 28 heavy (non-hydrogen) atoms. The van der Waals surface area contributed by atoms with Crippen molar-refractivity contribution in [3.8, 4) is 0 Å². The smallest absolute Gasteiger partial charge is 0.416 e. The van der Waals surface area contributed by atoms with Gasteiger partial charge in [0.25, 0.3) is 11.6 Å². The molecule has 0 heterocycles. The normalized spacial score (nSPS) is 12.1. The minimum Gasteiger partial charge on any atom is -0.446 e. The maximum Gasteiger partial charge on any atom is 0.416 e. The summed E-state index contributed by atoms with van der Waals surface area (Å²) in [6.45, 7) is -0.636. The number of anilines is 1. The molecule has 2 aromatic rings. The highest BCUT2D eigenvalue weighted by Gasteiger charge is 2.33. The number of nitrogens with one attached hydrogen (secondary N) is 1. The Kier molecular flexibility index (Phi) is 6.18. The van der Waals surface area contributed by atoms with Gasteiger partial charge in [0, 0.05) is 11.6 Å². The predicted octanol–water partition coefficient (Wildman–Crippen LogP) is 2.80. The largest absolute Gasteiger partial charge is 0.446 e. The second kappa shape index (κ2) is 8.37. The number of nitro benzene ring substituents is 1. The van der Waals surface area contributed by atoms with Crippen molar-refractivity contribution in [3.63, 3.8) is 0 Å². The molecule has 1 unspecified atom stereocenters. The number of alkyl halides is 3. The van der Waals surface area contributed by atoms with Gasteiger partial charge >= 0.3 is 12.1 Å². The third kappa shape index (κ3) is 5.19. The molecular formula is C17H14F3N3O5. The van der Waals surface area contributed by atoms with E-state index in [1.807, 2.05) is 0 Å². The van der Waals surface area contributed by atoms with Crippen LogP contribution in [-0.4, -0.2) is 23.3 Å². The summed E-state index contributed by atoms with van der Waals surface area (Å²) in [5, 5.41) is 13.4. The summed E-state index contributed by atoms with van der Waals surface area (Å²) in [6.07, 6.45) is -6.13. The Hall–Kier alpha value is -3.63. The third-order valence-electron chi connectivity index (χ3n) is 3.55. The molecule has 0 radical (unpaired) electrons. The molecule has 1 amide bonds. The first kappa shape index (κ1) is 20.7. The standard InChI is InChI=1S/C17H14F3N3O5/c18-17(19,20)11-6-7-12(13(8-11)23(26)27)22-9-14(24)28-15(16(21)25)10-4-2-1-3-5-10/h1-8,15,22H,9H2,(H2,21,25). The summed E-state index contributed by atoms with van der Waals surface area (Å²) in [7, 11) is 0. The number of nitrogens with two attached hydrogens (primary N) is 1. The zero-order valence-electron chi connectivity index (χ0n) is 14.1. The van der Waals surface area contributed by atoms with E-state index >= 15 is 0 Å². The molecule has 0 aromatic heterocycles. The van der Waals surface area contributed by atoms with Crippen molar-refractivity contribution in [2.24, 2.45) is 5.73 Å². The van der Waals surface area contributed by atoms with E-state index in [4.69, 9.17) is 10.5 Å². The molecule has 0 aliphatic carbocycles. The van der Waals surface area contributed by atoms with Crippen molar-refractivity contribution < 1.29 is 32.4 Å². The van der Waals surface area contributed by atoms with Gasteiger partial charge in [-0.25, -0.2) is 0 Å². The van der Waals surface area contributed by atoms with Gasteiger partial charge in [0.2, 0.25) is 6.10 Å².